The zero-order valence-corrected chi connectivity index (χ0v) is 8.65. The zero-order chi connectivity index (χ0) is 10.5. The lowest BCUT2D eigenvalue weighted by atomic mass is 10.1. The van der Waals surface area contributed by atoms with Gasteiger partial charge in [-0.25, -0.2) is 0 Å². The molecule has 1 saturated carbocycles. The number of hydrogen-bond acceptors (Lipinski definition) is 1. The summed E-state index contributed by atoms with van der Waals surface area (Å²) in [6.07, 6.45) is 8.63. The monoisotopic (exact) mass is 198 g/mol. The molecule has 0 amide bonds. The maximum absolute atomic E-state index is 11.3. The number of rotatable bonds is 2. The van der Waals surface area contributed by atoms with Gasteiger partial charge in [0, 0.05) is 6.42 Å². The van der Waals surface area contributed by atoms with Crippen molar-refractivity contribution in [1.82, 2.24) is 0 Å². The Labute approximate surface area is 90.1 Å². The topological polar surface area (TPSA) is 17.1 Å². The van der Waals surface area contributed by atoms with Gasteiger partial charge in [0.2, 0.25) is 0 Å². The molecule has 0 unspecified atom stereocenters. The van der Waals surface area contributed by atoms with Crippen molar-refractivity contribution in [3.63, 3.8) is 0 Å². The first-order valence-corrected chi connectivity index (χ1v) is 5.32. The molecule has 0 N–H and O–H groups in total. The van der Waals surface area contributed by atoms with Crippen LogP contribution >= 0.6 is 0 Å². The predicted octanol–water partition coefficient (Wildman–Crippen LogP) is 3.38. The van der Waals surface area contributed by atoms with E-state index in [-0.39, 0.29) is 0 Å². The van der Waals surface area contributed by atoms with E-state index in [1.807, 2.05) is 48.6 Å². The molecule has 1 fully saturated rings. The number of hydrogen-bond donors (Lipinski definition) is 0. The van der Waals surface area contributed by atoms with Crippen LogP contribution in [-0.4, -0.2) is 5.78 Å². The summed E-state index contributed by atoms with van der Waals surface area (Å²) in [5.74, 6) is 0.313. The molecule has 0 aliphatic heterocycles. The predicted molar refractivity (Wildman–Crippen MR) is 62.4 cm³/mol. The second-order valence-electron chi connectivity index (χ2n) is 3.74. The van der Waals surface area contributed by atoms with E-state index in [2.05, 4.69) is 0 Å². The number of benzene rings is 1. The summed E-state index contributed by atoms with van der Waals surface area (Å²) in [5.41, 5.74) is 2.14. The van der Waals surface area contributed by atoms with Crippen molar-refractivity contribution in [1.29, 1.82) is 0 Å². The van der Waals surface area contributed by atoms with Crippen LogP contribution < -0.4 is 0 Å². The van der Waals surface area contributed by atoms with Crippen molar-refractivity contribution in [2.75, 3.05) is 0 Å². The first kappa shape index (κ1) is 9.91. The van der Waals surface area contributed by atoms with Crippen molar-refractivity contribution in [2.45, 2.75) is 19.3 Å². The minimum absolute atomic E-state index is 0.313. The molecule has 0 radical (unpaired) electrons. The van der Waals surface area contributed by atoms with Gasteiger partial charge in [0.1, 0.15) is 0 Å². The normalized spacial score (nSPS) is 19.2. The van der Waals surface area contributed by atoms with Crippen molar-refractivity contribution >= 4 is 11.9 Å². The Morgan fingerprint density at radius 3 is 2.53 bits per heavy atom. The number of allylic oxidation sites excluding steroid dienone is 3. The standard InChI is InChI=1S/C14H14O/c15-14-11-5-10-13(14)9-4-8-12-6-2-1-3-7-12/h1-4,6-9H,5,10-11H2/b8-4+,13-9?. The second-order valence-corrected chi connectivity index (χ2v) is 3.74. The van der Waals surface area contributed by atoms with Gasteiger partial charge in [0.25, 0.3) is 0 Å². The molecule has 1 aliphatic carbocycles. The molecule has 0 atom stereocenters. The summed E-state index contributed by atoms with van der Waals surface area (Å²) in [4.78, 5) is 11.3. The van der Waals surface area contributed by atoms with E-state index in [1.54, 1.807) is 0 Å². The Kier molecular flexibility index (Phi) is 3.13. The molecule has 1 nitrogen and oxygen atoms in total. The molecule has 0 bridgehead atoms. The van der Waals surface area contributed by atoms with Crippen molar-refractivity contribution < 1.29 is 4.79 Å². The number of Topliss-reactive ketones (excluding diaryl/α,β-unsaturated/α-hetero) is 1. The molecule has 2 rings (SSSR count). The number of carbonyl (C=O) groups is 1. The van der Waals surface area contributed by atoms with Crippen LogP contribution in [0.1, 0.15) is 24.8 Å². The maximum Gasteiger partial charge on any atom is 0.158 e. The Balaban J connectivity index is 2.04. The molecule has 76 valence electrons. The summed E-state index contributed by atoms with van der Waals surface area (Å²) < 4.78 is 0. The van der Waals surface area contributed by atoms with E-state index < -0.39 is 0 Å². The smallest absolute Gasteiger partial charge is 0.158 e. The van der Waals surface area contributed by atoms with Crippen LogP contribution in [0, 0.1) is 0 Å². The first-order valence-electron chi connectivity index (χ1n) is 5.32. The van der Waals surface area contributed by atoms with Crippen molar-refractivity contribution in [3.8, 4) is 0 Å². The van der Waals surface area contributed by atoms with E-state index in [1.165, 1.54) is 5.56 Å². The van der Waals surface area contributed by atoms with Gasteiger partial charge in [-0.2, -0.15) is 0 Å². The first-order chi connectivity index (χ1) is 7.36. The zero-order valence-electron chi connectivity index (χ0n) is 8.65. The average molecular weight is 198 g/mol. The van der Waals surface area contributed by atoms with Crippen LogP contribution in [0.3, 0.4) is 0 Å². The molecule has 0 spiro atoms. The quantitative estimate of drug-likeness (QED) is 0.666. The number of carbonyl (C=O) groups excluding carboxylic acids is 1. The molecule has 1 aromatic rings. The molecular weight excluding hydrogens is 184 g/mol. The molecule has 1 aliphatic rings. The fourth-order valence-electron chi connectivity index (χ4n) is 1.76. The largest absolute Gasteiger partial charge is 0.295 e. The van der Waals surface area contributed by atoms with Gasteiger partial charge in [0.05, 0.1) is 0 Å². The van der Waals surface area contributed by atoms with Crippen molar-refractivity contribution in [3.05, 3.63) is 53.6 Å². The van der Waals surface area contributed by atoms with Crippen LogP contribution in [0.15, 0.2) is 48.1 Å². The SMILES string of the molecule is O=C1CCCC1=C/C=C/c1ccccc1. The van der Waals surface area contributed by atoms with Gasteiger partial charge < -0.3 is 0 Å². The number of ketones is 1. The van der Waals surface area contributed by atoms with Crippen molar-refractivity contribution in [2.24, 2.45) is 0 Å². The molecular formula is C14H14O. The molecule has 15 heavy (non-hydrogen) atoms. The minimum atomic E-state index is 0.313. The second kappa shape index (κ2) is 4.74. The fraction of sp³-hybridized carbons (Fsp3) is 0.214. The van der Waals surface area contributed by atoms with E-state index in [4.69, 9.17) is 0 Å². The van der Waals surface area contributed by atoms with Gasteiger partial charge in [-0.15, -0.1) is 0 Å². The van der Waals surface area contributed by atoms with Gasteiger partial charge in [-0.3, -0.25) is 4.79 Å². The highest BCUT2D eigenvalue weighted by molar-refractivity contribution is 5.97. The summed E-state index contributed by atoms with van der Waals surface area (Å²) in [7, 11) is 0. The summed E-state index contributed by atoms with van der Waals surface area (Å²) in [6, 6.07) is 10.1. The lowest BCUT2D eigenvalue weighted by Crippen LogP contribution is -1.89. The molecule has 0 saturated heterocycles. The van der Waals surface area contributed by atoms with E-state index in [9.17, 15) is 4.79 Å². The minimum Gasteiger partial charge on any atom is -0.295 e. The molecule has 1 aromatic carbocycles. The maximum atomic E-state index is 11.3. The summed E-state index contributed by atoms with van der Waals surface area (Å²) >= 11 is 0. The van der Waals surface area contributed by atoms with Gasteiger partial charge in [0.15, 0.2) is 5.78 Å². The Morgan fingerprint density at radius 1 is 1.07 bits per heavy atom. The Morgan fingerprint density at radius 2 is 1.87 bits per heavy atom. The van der Waals surface area contributed by atoms with Crippen LogP contribution in [0.25, 0.3) is 6.08 Å². The van der Waals surface area contributed by atoms with Crippen LogP contribution in [0.5, 0.6) is 0 Å². The van der Waals surface area contributed by atoms with E-state index in [0.29, 0.717) is 5.78 Å². The lowest BCUT2D eigenvalue weighted by molar-refractivity contribution is -0.114. The van der Waals surface area contributed by atoms with Crippen LogP contribution in [-0.2, 0) is 4.79 Å². The molecule has 0 aromatic heterocycles. The summed E-state index contributed by atoms with van der Waals surface area (Å²) in [5, 5.41) is 0. The summed E-state index contributed by atoms with van der Waals surface area (Å²) in [6.45, 7) is 0. The van der Waals surface area contributed by atoms with Gasteiger partial charge in [-0.05, 0) is 24.0 Å². The third kappa shape index (κ3) is 2.66. The molecule has 1 heteroatoms. The fourth-order valence-corrected chi connectivity index (χ4v) is 1.76. The highest BCUT2D eigenvalue weighted by Gasteiger charge is 2.15. The lowest BCUT2D eigenvalue weighted by Gasteiger charge is -1.91. The van der Waals surface area contributed by atoms with Gasteiger partial charge >= 0.3 is 0 Å². The third-order valence-corrected chi connectivity index (χ3v) is 2.59. The third-order valence-electron chi connectivity index (χ3n) is 2.59. The molecule has 0 heterocycles. The Bertz CT molecular complexity index is 399. The van der Waals surface area contributed by atoms with E-state index in [0.717, 1.165) is 24.8 Å². The highest BCUT2D eigenvalue weighted by Crippen LogP contribution is 2.20. The van der Waals surface area contributed by atoms with Crippen LogP contribution in [0.4, 0.5) is 0 Å². The van der Waals surface area contributed by atoms with E-state index >= 15 is 0 Å². The van der Waals surface area contributed by atoms with Gasteiger partial charge in [-0.1, -0.05) is 48.6 Å². The van der Waals surface area contributed by atoms with Crippen LogP contribution in [0.2, 0.25) is 0 Å². The highest BCUT2D eigenvalue weighted by atomic mass is 16.1. The average Bonchev–Trinajstić information content (AvgIpc) is 2.66. The Hall–Kier alpha value is -1.63.